The van der Waals surface area contributed by atoms with Crippen LogP contribution in [-0.4, -0.2) is 20.1 Å². The molecule has 0 unspecified atom stereocenters. The van der Waals surface area contributed by atoms with Gasteiger partial charge in [-0.05, 0) is 37.1 Å². The van der Waals surface area contributed by atoms with Gasteiger partial charge in [-0.25, -0.2) is 4.98 Å². The maximum atomic E-state index is 9.86. The molecule has 1 aliphatic rings. The lowest BCUT2D eigenvalue weighted by Crippen LogP contribution is -2.13. The lowest BCUT2D eigenvalue weighted by atomic mass is 9.99. The zero-order valence-electron chi connectivity index (χ0n) is 18.3. The molecule has 1 aliphatic heterocycles. The van der Waals surface area contributed by atoms with E-state index in [2.05, 4.69) is 46.0 Å². The number of hydrogen-bond acceptors (Lipinski definition) is 6. The fourth-order valence-electron chi connectivity index (χ4n) is 3.89. The SMILES string of the molecule is Cc1ccccc1-c1nc2c(c(SCc3ccc(Br)cc3)n1)Cc1c(CO)cnc(C)c1O2. The average molecular weight is 520 g/mol. The van der Waals surface area contributed by atoms with Crippen molar-refractivity contribution in [3.63, 3.8) is 0 Å². The Labute approximate surface area is 205 Å². The van der Waals surface area contributed by atoms with Crippen LogP contribution in [-0.2, 0) is 18.8 Å². The van der Waals surface area contributed by atoms with Crippen LogP contribution in [0.2, 0.25) is 0 Å². The van der Waals surface area contributed by atoms with Gasteiger partial charge in [0.2, 0.25) is 5.88 Å². The third-order valence-corrected chi connectivity index (χ3v) is 7.35. The molecule has 0 bridgehead atoms. The molecule has 0 atom stereocenters. The van der Waals surface area contributed by atoms with Gasteiger partial charge in [0.25, 0.3) is 0 Å². The van der Waals surface area contributed by atoms with Crippen molar-refractivity contribution in [1.82, 2.24) is 15.0 Å². The molecule has 2 aromatic heterocycles. The second-order valence-corrected chi connectivity index (χ2v) is 9.86. The maximum Gasteiger partial charge on any atom is 0.227 e. The van der Waals surface area contributed by atoms with Crippen LogP contribution in [0.25, 0.3) is 11.4 Å². The summed E-state index contributed by atoms with van der Waals surface area (Å²) >= 11 is 5.17. The van der Waals surface area contributed by atoms with Crippen LogP contribution in [0.3, 0.4) is 0 Å². The third-order valence-electron chi connectivity index (χ3n) is 5.73. The Morgan fingerprint density at radius 3 is 2.58 bits per heavy atom. The molecule has 0 aliphatic carbocycles. The molecule has 2 aromatic carbocycles. The predicted octanol–water partition coefficient (Wildman–Crippen LogP) is 6.40. The van der Waals surface area contributed by atoms with Gasteiger partial charge in [-0.2, -0.15) is 4.98 Å². The molecule has 1 N–H and O–H groups in total. The number of rotatable bonds is 5. The number of ether oxygens (including phenoxy) is 1. The summed E-state index contributed by atoms with van der Waals surface area (Å²) in [7, 11) is 0. The number of aliphatic hydroxyl groups is 1. The molecule has 0 radical (unpaired) electrons. The molecule has 33 heavy (non-hydrogen) atoms. The highest BCUT2D eigenvalue weighted by Crippen LogP contribution is 2.43. The second kappa shape index (κ2) is 9.25. The van der Waals surface area contributed by atoms with Crippen molar-refractivity contribution >= 4 is 27.7 Å². The van der Waals surface area contributed by atoms with E-state index in [0.717, 1.165) is 48.8 Å². The minimum absolute atomic E-state index is 0.0855. The van der Waals surface area contributed by atoms with Crippen molar-refractivity contribution in [2.45, 2.75) is 37.7 Å². The topological polar surface area (TPSA) is 68.1 Å². The first kappa shape index (κ1) is 22.1. The Hall–Kier alpha value is -2.74. The van der Waals surface area contributed by atoms with E-state index in [0.29, 0.717) is 23.9 Å². The predicted molar refractivity (Wildman–Crippen MR) is 134 cm³/mol. The van der Waals surface area contributed by atoms with Gasteiger partial charge in [-0.15, -0.1) is 11.8 Å². The number of pyridine rings is 1. The standard InChI is InChI=1S/C26H22BrN3O2S/c1-15-5-3-4-6-20(15)24-29-25-22(11-21-18(13-31)12-28-16(2)23(21)32-25)26(30-24)33-14-17-7-9-19(27)10-8-17/h3-10,12,31H,11,13-14H2,1-2H3. The van der Waals surface area contributed by atoms with Crippen molar-refractivity contribution in [2.24, 2.45) is 0 Å². The van der Waals surface area contributed by atoms with E-state index >= 15 is 0 Å². The molecule has 166 valence electrons. The zero-order valence-corrected chi connectivity index (χ0v) is 20.7. The van der Waals surface area contributed by atoms with Gasteiger partial charge in [0.1, 0.15) is 5.03 Å². The molecule has 5 nitrogen and oxygen atoms in total. The summed E-state index contributed by atoms with van der Waals surface area (Å²) < 4.78 is 7.38. The van der Waals surface area contributed by atoms with E-state index in [4.69, 9.17) is 14.7 Å². The maximum absolute atomic E-state index is 9.86. The van der Waals surface area contributed by atoms with E-state index in [-0.39, 0.29) is 6.61 Å². The molecule has 0 amide bonds. The number of benzene rings is 2. The molecule has 0 saturated heterocycles. The van der Waals surface area contributed by atoms with Gasteiger partial charge in [0.15, 0.2) is 11.6 Å². The number of fused-ring (bicyclic) bond motifs is 2. The van der Waals surface area contributed by atoms with Crippen molar-refractivity contribution < 1.29 is 9.84 Å². The largest absolute Gasteiger partial charge is 0.436 e. The minimum atomic E-state index is -0.0855. The zero-order chi connectivity index (χ0) is 22.9. The Balaban J connectivity index is 1.60. The van der Waals surface area contributed by atoms with E-state index < -0.39 is 0 Å². The van der Waals surface area contributed by atoms with Gasteiger partial charge in [-0.1, -0.05) is 52.3 Å². The van der Waals surface area contributed by atoms with Crippen LogP contribution in [0.5, 0.6) is 11.6 Å². The summed E-state index contributed by atoms with van der Waals surface area (Å²) in [6.07, 6.45) is 2.32. The first-order valence-electron chi connectivity index (χ1n) is 10.6. The minimum Gasteiger partial charge on any atom is -0.436 e. The van der Waals surface area contributed by atoms with Gasteiger partial charge >= 0.3 is 0 Å². The quantitative estimate of drug-likeness (QED) is 0.214. The number of aryl methyl sites for hydroxylation is 2. The molecule has 0 saturated carbocycles. The summed E-state index contributed by atoms with van der Waals surface area (Å²) in [5, 5.41) is 10.8. The average Bonchev–Trinajstić information content (AvgIpc) is 2.83. The van der Waals surface area contributed by atoms with Crippen LogP contribution < -0.4 is 4.74 Å². The number of halogens is 1. The van der Waals surface area contributed by atoms with E-state index in [9.17, 15) is 5.11 Å². The molecular weight excluding hydrogens is 498 g/mol. The van der Waals surface area contributed by atoms with Gasteiger partial charge in [0.05, 0.1) is 17.9 Å². The first-order chi connectivity index (χ1) is 16.0. The number of nitrogens with zero attached hydrogens (tertiary/aromatic N) is 3. The Morgan fingerprint density at radius 2 is 1.82 bits per heavy atom. The van der Waals surface area contributed by atoms with Crippen molar-refractivity contribution in [3.8, 4) is 23.0 Å². The molecular formula is C26H22BrN3O2S. The summed E-state index contributed by atoms with van der Waals surface area (Å²) in [6, 6.07) is 16.4. The number of thioether (sulfide) groups is 1. The Bertz CT molecular complexity index is 1340. The van der Waals surface area contributed by atoms with Gasteiger partial charge < -0.3 is 9.84 Å². The summed E-state index contributed by atoms with van der Waals surface area (Å²) in [5.41, 5.74) is 6.76. The van der Waals surface area contributed by atoms with Crippen molar-refractivity contribution in [3.05, 3.63) is 92.7 Å². The lowest BCUT2D eigenvalue weighted by Gasteiger charge is -2.24. The van der Waals surface area contributed by atoms with Crippen LogP contribution in [0.15, 0.2) is 64.2 Å². The third kappa shape index (κ3) is 4.40. The molecule has 5 rings (SSSR count). The number of hydrogen-bond donors (Lipinski definition) is 1. The fraction of sp³-hybridized carbons (Fsp3) is 0.192. The highest BCUT2D eigenvalue weighted by atomic mass is 79.9. The van der Waals surface area contributed by atoms with Crippen LogP contribution in [0.4, 0.5) is 0 Å². The van der Waals surface area contributed by atoms with E-state index in [1.807, 2.05) is 37.3 Å². The summed E-state index contributed by atoms with van der Waals surface area (Å²) in [4.78, 5) is 14.2. The van der Waals surface area contributed by atoms with Gasteiger partial charge in [0, 0.05) is 39.5 Å². The van der Waals surface area contributed by atoms with Crippen molar-refractivity contribution in [1.29, 1.82) is 0 Å². The fourth-order valence-corrected chi connectivity index (χ4v) is 5.13. The lowest BCUT2D eigenvalue weighted by molar-refractivity contribution is 0.278. The highest BCUT2D eigenvalue weighted by molar-refractivity contribution is 9.10. The first-order valence-corrected chi connectivity index (χ1v) is 12.4. The van der Waals surface area contributed by atoms with Crippen LogP contribution in [0.1, 0.15) is 33.5 Å². The monoisotopic (exact) mass is 519 g/mol. The smallest absolute Gasteiger partial charge is 0.227 e. The van der Waals surface area contributed by atoms with Gasteiger partial charge in [-0.3, -0.25) is 4.98 Å². The second-order valence-electron chi connectivity index (χ2n) is 7.98. The highest BCUT2D eigenvalue weighted by Gasteiger charge is 2.28. The van der Waals surface area contributed by atoms with Crippen molar-refractivity contribution in [2.75, 3.05) is 0 Å². The van der Waals surface area contributed by atoms with Crippen LogP contribution in [0, 0.1) is 13.8 Å². The Kier molecular flexibility index (Phi) is 6.19. The number of aromatic nitrogens is 3. The Morgan fingerprint density at radius 1 is 1.03 bits per heavy atom. The summed E-state index contributed by atoms with van der Waals surface area (Å²) in [5.74, 6) is 2.68. The molecule has 7 heteroatoms. The molecule has 3 heterocycles. The van der Waals surface area contributed by atoms with Crippen LogP contribution >= 0.6 is 27.7 Å². The van der Waals surface area contributed by atoms with E-state index in [1.165, 1.54) is 5.56 Å². The molecule has 4 aromatic rings. The number of aliphatic hydroxyl groups excluding tert-OH is 1. The molecule has 0 spiro atoms. The molecule has 0 fully saturated rings. The summed E-state index contributed by atoms with van der Waals surface area (Å²) in [6.45, 7) is 3.89. The normalized spacial score (nSPS) is 12.1. The van der Waals surface area contributed by atoms with E-state index in [1.54, 1.807) is 18.0 Å².